The molecule has 0 spiro atoms. The van der Waals surface area contributed by atoms with Gasteiger partial charge in [-0.15, -0.1) is 0 Å². The van der Waals surface area contributed by atoms with Crippen molar-refractivity contribution >= 4 is 11.7 Å². The van der Waals surface area contributed by atoms with Gasteiger partial charge in [0.25, 0.3) is 5.69 Å². The summed E-state index contributed by atoms with van der Waals surface area (Å²) in [5.41, 5.74) is 5.27. The molecule has 0 aromatic heterocycles. The zero-order chi connectivity index (χ0) is 19.5. The van der Waals surface area contributed by atoms with Gasteiger partial charge >= 0.3 is 5.97 Å². The van der Waals surface area contributed by atoms with Crippen LogP contribution in [-0.4, -0.2) is 10.9 Å². The lowest BCUT2D eigenvalue weighted by atomic mass is 9.84. The van der Waals surface area contributed by atoms with E-state index in [9.17, 15) is 14.9 Å². The number of nitro benzene ring substituents is 1. The van der Waals surface area contributed by atoms with Crippen molar-refractivity contribution in [2.24, 2.45) is 0 Å². The molecule has 0 heterocycles. The van der Waals surface area contributed by atoms with Gasteiger partial charge < -0.3 is 4.74 Å². The maximum absolute atomic E-state index is 12.1. The third-order valence-corrected chi connectivity index (χ3v) is 4.44. The highest BCUT2D eigenvalue weighted by Crippen LogP contribution is 2.27. The number of hydrogen-bond acceptors (Lipinski definition) is 4. The fourth-order valence-corrected chi connectivity index (χ4v) is 2.76. The van der Waals surface area contributed by atoms with E-state index in [-0.39, 0.29) is 30.1 Å². The monoisotopic (exact) mass is 355 g/mol. The summed E-state index contributed by atoms with van der Waals surface area (Å²) in [6.45, 7) is 10.8. The minimum atomic E-state index is -0.463. The van der Waals surface area contributed by atoms with Crippen molar-refractivity contribution in [3.63, 3.8) is 0 Å². The zero-order valence-electron chi connectivity index (χ0n) is 16.0. The summed E-state index contributed by atoms with van der Waals surface area (Å²) in [5, 5.41) is 10.7. The number of benzene rings is 2. The second kappa shape index (κ2) is 7.68. The number of carbonyl (C=O) groups is 1. The van der Waals surface area contributed by atoms with Crippen LogP contribution < -0.4 is 0 Å². The van der Waals surface area contributed by atoms with Crippen molar-refractivity contribution < 1.29 is 14.5 Å². The molecule has 0 bridgehead atoms. The van der Waals surface area contributed by atoms with Crippen molar-refractivity contribution in [1.29, 1.82) is 0 Å². The normalized spacial score (nSPS) is 11.3. The largest absolute Gasteiger partial charge is 0.461 e. The molecule has 2 aromatic carbocycles. The number of nitrogens with zero attached hydrogens (tertiary/aromatic N) is 1. The predicted octanol–water partition coefficient (Wildman–Crippen LogP) is 4.80. The van der Waals surface area contributed by atoms with Crippen molar-refractivity contribution in [2.75, 3.05) is 0 Å². The number of esters is 1. The summed E-state index contributed by atoms with van der Waals surface area (Å²) < 4.78 is 5.42. The molecule has 0 aliphatic heterocycles. The van der Waals surface area contributed by atoms with Gasteiger partial charge in [0.05, 0.1) is 11.3 Å². The van der Waals surface area contributed by atoms with Gasteiger partial charge in [0.2, 0.25) is 0 Å². The van der Waals surface area contributed by atoms with Gasteiger partial charge in [-0.3, -0.25) is 14.9 Å². The SMILES string of the molecule is Cc1cc(C(C)(C)C)cc(C)c1COC(=O)Cc1ccc([N+](=O)[O-])cc1. The number of aryl methyl sites for hydroxylation is 2. The number of nitro groups is 1. The standard InChI is InChI=1S/C21H25NO4/c1-14-10-17(21(3,4)5)11-15(2)19(14)13-26-20(23)12-16-6-8-18(9-7-16)22(24)25/h6-11H,12-13H2,1-5H3. The molecule has 2 aromatic rings. The molecule has 5 nitrogen and oxygen atoms in total. The minimum Gasteiger partial charge on any atom is -0.461 e. The first-order chi connectivity index (χ1) is 12.1. The van der Waals surface area contributed by atoms with Gasteiger partial charge in [-0.2, -0.15) is 0 Å². The molecule has 138 valence electrons. The van der Waals surface area contributed by atoms with Crippen molar-refractivity contribution in [3.8, 4) is 0 Å². The van der Waals surface area contributed by atoms with Crippen molar-refractivity contribution in [1.82, 2.24) is 0 Å². The fourth-order valence-electron chi connectivity index (χ4n) is 2.76. The average molecular weight is 355 g/mol. The number of rotatable bonds is 5. The van der Waals surface area contributed by atoms with Crippen molar-refractivity contribution in [3.05, 3.63) is 74.3 Å². The third-order valence-electron chi connectivity index (χ3n) is 4.44. The van der Waals surface area contributed by atoms with Crippen LogP contribution >= 0.6 is 0 Å². The Balaban J connectivity index is 2.02. The lowest BCUT2D eigenvalue weighted by Gasteiger charge is -2.22. The second-order valence-electron chi connectivity index (χ2n) is 7.60. The van der Waals surface area contributed by atoms with Gasteiger partial charge in [0.1, 0.15) is 6.61 Å². The Morgan fingerprint density at radius 3 is 2.08 bits per heavy atom. The molecule has 0 N–H and O–H groups in total. The van der Waals surface area contributed by atoms with Gasteiger partial charge in [-0.05, 0) is 47.1 Å². The average Bonchev–Trinajstić information content (AvgIpc) is 2.53. The zero-order valence-corrected chi connectivity index (χ0v) is 16.0. The first-order valence-corrected chi connectivity index (χ1v) is 8.57. The first kappa shape index (κ1) is 19.6. The van der Waals surface area contributed by atoms with Gasteiger partial charge in [0.15, 0.2) is 0 Å². The summed E-state index contributed by atoms with van der Waals surface area (Å²) in [4.78, 5) is 22.3. The van der Waals surface area contributed by atoms with Crippen LogP contribution in [0.3, 0.4) is 0 Å². The van der Waals surface area contributed by atoms with Crippen molar-refractivity contribution in [2.45, 2.75) is 53.1 Å². The van der Waals surface area contributed by atoms with E-state index in [1.165, 1.54) is 17.7 Å². The Morgan fingerprint density at radius 2 is 1.62 bits per heavy atom. The van der Waals surface area contributed by atoms with Crippen LogP contribution in [0.25, 0.3) is 0 Å². The molecule has 0 saturated carbocycles. The van der Waals surface area contributed by atoms with E-state index >= 15 is 0 Å². The number of carbonyl (C=O) groups excluding carboxylic acids is 1. The van der Waals surface area contributed by atoms with E-state index in [0.29, 0.717) is 5.56 Å². The first-order valence-electron chi connectivity index (χ1n) is 8.57. The summed E-state index contributed by atoms with van der Waals surface area (Å²) in [6, 6.07) is 10.2. The molecule has 0 unspecified atom stereocenters. The molecule has 0 fully saturated rings. The van der Waals surface area contributed by atoms with Gasteiger partial charge in [0, 0.05) is 12.1 Å². The lowest BCUT2D eigenvalue weighted by Crippen LogP contribution is -2.14. The maximum Gasteiger partial charge on any atom is 0.310 e. The smallest absolute Gasteiger partial charge is 0.310 e. The van der Waals surface area contributed by atoms with Crippen LogP contribution in [-0.2, 0) is 28.0 Å². The molecule has 0 aliphatic carbocycles. The highest BCUT2D eigenvalue weighted by Gasteiger charge is 2.17. The minimum absolute atomic E-state index is 0.00676. The number of non-ortho nitro benzene ring substituents is 1. The van der Waals surface area contributed by atoms with E-state index in [0.717, 1.165) is 16.7 Å². The van der Waals surface area contributed by atoms with Crippen LogP contribution in [0.2, 0.25) is 0 Å². The molecular weight excluding hydrogens is 330 g/mol. The second-order valence-corrected chi connectivity index (χ2v) is 7.60. The summed E-state index contributed by atoms with van der Waals surface area (Å²) in [6.07, 6.45) is 0.0934. The molecular formula is C21H25NO4. The molecule has 2 rings (SSSR count). The Hall–Kier alpha value is -2.69. The molecule has 0 saturated heterocycles. The molecule has 0 aliphatic rings. The third kappa shape index (κ3) is 4.91. The fraction of sp³-hybridized carbons (Fsp3) is 0.381. The van der Waals surface area contributed by atoms with Crippen LogP contribution in [0, 0.1) is 24.0 Å². The Labute approximate surface area is 154 Å². The highest BCUT2D eigenvalue weighted by atomic mass is 16.6. The van der Waals surface area contributed by atoms with Crippen LogP contribution in [0.4, 0.5) is 5.69 Å². The van der Waals surface area contributed by atoms with Gasteiger partial charge in [-0.25, -0.2) is 0 Å². The van der Waals surface area contributed by atoms with Gasteiger partial charge in [-0.1, -0.05) is 45.0 Å². The Bertz CT molecular complexity index is 794. The van der Waals surface area contributed by atoms with E-state index in [1.807, 2.05) is 13.8 Å². The highest BCUT2D eigenvalue weighted by molar-refractivity contribution is 5.72. The Morgan fingerprint density at radius 1 is 1.08 bits per heavy atom. The quantitative estimate of drug-likeness (QED) is 0.439. The van der Waals surface area contributed by atoms with Crippen LogP contribution in [0.15, 0.2) is 36.4 Å². The molecule has 5 heteroatoms. The van der Waals surface area contributed by atoms with E-state index in [2.05, 4.69) is 32.9 Å². The number of ether oxygens (including phenoxy) is 1. The predicted molar refractivity (Wildman–Crippen MR) is 101 cm³/mol. The Kier molecular flexibility index (Phi) is 5.80. The van der Waals surface area contributed by atoms with E-state index in [1.54, 1.807) is 12.1 Å². The van der Waals surface area contributed by atoms with Crippen LogP contribution in [0.1, 0.15) is 48.6 Å². The molecule has 0 amide bonds. The van der Waals surface area contributed by atoms with Crippen LogP contribution in [0.5, 0.6) is 0 Å². The molecule has 0 radical (unpaired) electrons. The molecule has 26 heavy (non-hydrogen) atoms. The van der Waals surface area contributed by atoms with E-state index in [4.69, 9.17) is 4.74 Å². The summed E-state index contributed by atoms with van der Waals surface area (Å²) >= 11 is 0. The summed E-state index contributed by atoms with van der Waals surface area (Å²) in [5.74, 6) is -0.349. The topological polar surface area (TPSA) is 69.4 Å². The van der Waals surface area contributed by atoms with E-state index < -0.39 is 4.92 Å². The number of hydrogen-bond donors (Lipinski definition) is 0. The lowest BCUT2D eigenvalue weighted by molar-refractivity contribution is -0.384. The maximum atomic E-state index is 12.1. The summed E-state index contributed by atoms with van der Waals surface area (Å²) in [7, 11) is 0. The molecule has 0 atom stereocenters.